The molecule has 10 heteroatoms. The first-order valence-electron chi connectivity index (χ1n) is 9.85. The van der Waals surface area contributed by atoms with Crippen molar-refractivity contribution in [1.82, 2.24) is 40.0 Å². The molecule has 0 aliphatic carbocycles. The van der Waals surface area contributed by atoms with Crippen LogP contribution in [0, 0.1) is 13.8 Å². The van der Waals surface area contributed by atoms with E-state index in [-0.39, 0.29) is 11.9 Å². The molecule has 0 saturated heterocycles. The Labute approximate surface area is 179 Å². The fourth-order valence-corrected chi connectivity index (χ4v) is 3.42. The number of carbonyl (C=O) groups is 1. The van der Waals surface area contributed by atoms with Crippen molar-refractivity contribution in [3.05, 3.63) is 71.4 Å². The smallest absolute Gasteiger partial charge is 0.271 e. The number of hydrazone groups is 1. The lowest BCUT2D eigenvalue weighted by Gasteiger charge is -2.14. The first-order chi connectivity index (χ1) is 15.0. The minimum absolute atomic E-state index is 0.245. The Hall–Kier alpha value is -4.08. The van der Waals surface area contributed by atoms with E-state index in [0.29, 0.717) is 5.56 Å². The maximum absolute atomic E-state index is 12.4. The highest BCUT2D eigenvalue weighted by atomic mass is 16.2. The standard InChI is InChI=1S/C21H23N9O/c1-14(2)30-20(9-10-24-30)29-15(3)11-18(16(29)4)12-22-25-21(31)17-5-7-19(8-6-17)28-13-23-26-27-28/h5-14H,1-4H3,(H,25,31)/b22-12-. The summed E-state index contributed by atoms with van der Waals surface area (Å²) in [7, 11) is 0. The highest BCUT2D eigenvalue weighted by Gasteiger charge is 2.14. The van der Waals surface area contributed by atoms with Crippen LogP contribution in [-0.2, 0) is 0 Å². The predicted molar refractivity (Wildman–Crippen MR) is 116 cm³/mol. The summed E-state index contributed by atoms with van der Waals surface area (Å²) in [5.74, 6) is 0.697. The molecule has 0 bridgehead atoms. The second-order valence-electron chi connectivity index (χ2n) is 7.39. The van der Waals surface area contributed by atoms with Crippen molar-refractivity contribution in [3.63, 3.8) is 0 Å². The lowest BCUT2D eigenvalue weighted by atomic mass is 10.2. The third-order valence-electron chi connectivity index (χ3n) is 4.95. The Morgan fingerprint density at radius 1 is 1.16 bits per heavy atom. The summed E-state index contributed by atoms with van der Waals surface area (Å²) in [4.78, 5) is 12.4. The molecule has 0 aliphatic heterocycles. The van der Waals surface area contributed by atoms with Crippen LogP contribution >= 0.6 is 0 Å². The van der Waals surface area contributed by atoms with Crippen LogP contribution in [0.25, 0.3) is 11.5 Å². The number of carbonyl (C=O) groups excluding carboxylic acids is 1. The summed E-state index contributed by atoms with van der Waals surface area (Å²) in [6.45, 7) is 8.24. The van der Waals surface area contributed by atoms with Gasteiger partial charge in [0, 0.05) is 34.6 Å². The molecule has 158 valence electrons. The molecule has 0 atom stereocenters. The Morgan fingerprint density at radius 3 is 2.61 bits per heavy atom. The van der Waals surface area contributed by atoms with Gasteiger partial charge in [0.2, 0.25) is 0 Å². The van der Waals surface area contributed by atoms with Crippen LogP contribution in [0.3, 0.4) is 0 Å². The zero-order chi connectivity index (χ0) is 22.0. The Kier molecular flexibility index (Phi) is 5.44. The van der Waals surface area contributed by atoms with E-state index in [4.69, 9.17) is 0 Å². The SMILES string of the molecule is Cc1cc(/C=N\NC(=O)c2ccc(-n3cnnn3)cc2)c(C)n1-c1ccnn1C(C)C. The molecular weight excluding hydrogens is 394 g/mol. The minimum Gasteiger partial charge on any atom is -0.303 e. The molecule has 10 nitrogen and oxygen atoms in total. The third kappa shape index (κ3) is 4.00. The monoisotopic (exact) mass is 417 g/mol. The number of nitrogens with zero attached hydrogens (tertiary/aromatic N) is 8. The van der Waals surface area contributed by atoms with Gasteiger partial charge in [-0.05, 0) is 68.5 Å². The number of hydrogen-bond acceptors (Lipinski definition) is 6. The van der Waals surface area contributed by atoms with E-state index in [1.165, 1.54) is 11.0 Å². The van der Waals surface area contributed by atoms with Crippen molar-refractivity contribution >= 4 is 12.1 Å². The van der Waals surface area contributed by atoms with Crippen molar-refractivity contribution in [2.75, 3.05) is 0 Å². The van der Waals surface area contributed by atoms with E-state index in [1.54, 1.807) is 36.7 Å². The van der Waals surface area contributed by atoms with Gasteiger partial charge in [-0.3, -0.25) is 4.79 Å². The molecule has 31 heavy (non-hydrogen) atoms. The van der Waals surface area contributed by atoms with Gasteiger partial charge in [-0.1, -0.05) is 0 Å². The molecular formula is C21H23N9O. The molecule has 0 aliphatic rings. The van der Waals surface area contributed by atoms with Crippen molar-refractivity contribution < 1.29 is 4.79 Å². The van der Waals surface area contributed by atoms with Gasteiger partial charge in [0.1, 0.15) is 12.1 Å². The topological polar surface area (TPSA) is 108 Å². The Morgan fingerprint density at radius 2 is 1.94 bits per heavy atom. The number of aromatic nitrogens is 7. The maximum atomic E-state index is 12.4. The molecule has 3 aromatic heterocycles. The Balaban J connectivity index is 1.48. The molecule has 0 spiro atoms. The van der Waals surface area contributed by atoms with Gasteiger partial charge in [-0.25, -0.2) is 14.8 Å². The molecule has 0 fully saturated rings. The van der Waals surface area contributed by atoms with Crippen LogP contribution in [0.1, 0.15) is 47.2 Å². The number of benzene rings is 1. The third-order valence-corrected chi connectivity index (χ3v) is 4.95. The van der Waals surface area contributed by atoms with E-state index in [9.17, 15) is 4.79 Å². The number of nitrogens with one attached hydrogen (secondary N) is 1. The molecule has 1 aromatic carbocycles. The van der Waals surface area contributed by atoms with Crippen LogP contribution in [0.2, 0.25) is 0 Å². The predicted octanol–water partition coefficient (Wildman–Crippen LogP) is 2.61. The van der Waals surface area contributed by atoms with Crippen LogP contribution < -0.4 is 5.43 Å². The molecule has 1 amide bonds. The van der Waals surface area contributed by atoms with Gasteiger partial charge >= 0.3 is 0 Å². The highest BCUT2D eigenvalue weighted by molar-refractivity contribution is 5.95. The van der Waals surface area contributed by atoms with Crippen molar-refractivity contribution in [1.29, 1.82) is 0 Å². The zero-order valence-corrected chi connectivity index (χ0v) is 17.8. The average Bonchev–Trinajstić information content (AvgIpc) is 3.49. The first-order valence-corrected chi connectivity index (χ1v) is 9.85. The van der Waals surface area contributed by atoms with Crippen molar-refractivity contribution in [3.8, 4) is 11.5 Å². The number of rotatable bonds is 6. The summed E-state index contributed by atoms with van der Waals surface area (Å²) in [6.07, 6.45) is 4.94. The zero-order valence-electron chi connectivity index (χ0n) is 17.8. The van der Waals surface area contributed by atoms with Gasteiger partial charge in [0.25, 0.3) is 5.91 Å². The average molecular weight is 417 g/mol. The van der Waals surface area contributed by atoms with Gasteiger partial charge in [0.15, 0.2) is 0 Å². The fourth-order valence-electron chi connectivity index (χ4n) is 3.42. The van der Waals surface area contributed by atoms with E-state index in [1.807, 2.05) is 30.7 Å². The molecule has 0 saturated carbocycles. The van der Waals surface area contributed by atoms with E-state index in [2.05, 4.69) is 49.6 Å². The van der Waals surface area contributed by atoms with E-state index in [0.717, 1.165) is 28.5 Å². The lowest BCUT2D eigenvalue weighted by molar-refractivity contribution is 0.0955. The van der Waals surface area contributed by atoms with E-state index < -0.39 is 0 Å². The molecule has 3 heterocycles. The summed E-state index contributed by atoms with van der Waals surface area (Å²) >= 11 is 0. The number of aryl methyl sites for hydroxylation is 1. The van der Waals surface area contributed by atoms with E-state index >= 15 is 0 Å². The van der Waals surface area contributed by atoms with Crippen LogP contribution in [0.15, 0.2) is 54.0 Å². The summed E-state index contributed by atoms with van der Waals surface area (Å²) in [5.41, 5.74) is 6.83. The quantitative estimate of drug-likeness (QED) is 0.383. The largest absolute Gasteiger partial charge is 0.303 e. The summed E-state index contributed by atoms with van der Waals surface area (Å²) in [6, 6.07) is 11.2. The van der Waals surface area contributed by atoms with Crippen molar-refractivity contribution in [2.45, 2.75) is 33.7 Å². The molecule has 0 radical (unpaired) electrons. The minimum atomic E-state index is -0.300. The second kappa shape index (κ2) is 8.34. The molecule has 4 aromatic rings. The Bertz CT molecular complexity index is 1210. The van der Waals surface area contributed by atoms with Crippen LogP contribution in [0.5, 0.6) is 0 Å². The molecule has 4 rings (SSSR count). The molecule has 0 unspecified atom stereocenters. The number of amides is 1. The summed E-state index contributed by atoms with van der Waals surface area (Å²) < 4.78 is 5.62. The van der Waals surface area contributed by atoms with Crippen LogP contribution in [0.4, 0.5) is 0 Å². The maximum Gasteiger partial charge on any atom is 0.271 e. The van der Waals surface area contributed by atoms with Crippen LogP contribution in [-0.4, -0.2) is 46.7 Å². The number of tetrazole rings is 1. The van der Waals surface area contributed by atoms with Gasteiger partial charge in [0.05, 0.1) is 18.1 Å². The first kappa shape index (κ1) is 20.2. The van der Waals surface area contributed by atoms with Crippen molar-refractivity contribution in [2.24, 2.45) is 5.10 Å². The normalized spacial score (nSPS) is 11.5. The van der Waals surface area contributed by atoms with Gasteiger partial charge in [-0.2, -0.15) is 10.2 Å². The lowest BCUT2D eigenvalue weighted by Crippen LogP contribution is -2.17. The number of hydrogen-bond donors (Lipinski definition) is 1. The van der Waals surface area contributed by atoms with Gasteiger partial charge < -0.3 is 4.57 Å². The molecule has 1 N–H and O–H groups in total. The fraction of sp³-hybridized carbons (Fsp3) is 0.238. The highest BCUT2D eigenvalue weighted by Crippen LogP contribution is 2.21. The second-order valence-corrected chi connectivity index (χ2v) is 7.39. The van der Waals surface area contributed by atoms with Gasteiger partial charge in [-0.15, -0.1) is 5.10 Å². The summed E-state index contributed by atoms with van der Waals surface area (Å²) in [5, 5.41) is 19.6.